The largest absolute Gasteiger partial charge is 0.382 e. The number of rotatable bonds is 1. The molecule has 0 atom stereocenters. The molecule has 0 saturated heterocycles. The van der Waals surface area contributed by atoms with Gasteiger partial charge in [0, 0.05) is 11.8 Å². The fraction of sp³-hybridized carbons (Fsp3) is 0.0714. The van der Waals surface area contributed by atoms with Crippen LogP contribution in [0.25, 0.3) is 16.9 Å². The Labute approximate surface area is 99.5 Å². The van der Waals surface area contributed by atoms with Crippen molar-refractivity contribution in [2.75, 3.05) is 5.73 Å². The van der Waals surface area contributed by atoms with Gasteiger partial charge in [-0.15, -0.1) is 0 Å². The van der Waals surface area contributed by atoms with E-state index in [0.717, 1.165) is 16.9 Å². The van der Waals surface area contributed by atoms with Crippen molar-refractivity contribution in [2.45, 2.75) is 6.92 Å². The summed E-state index contributed by atoms with van der Waals surface area (Å²) in [6, 6.07) is 14.2. The summed E-state index contributed by atoms with van der Waals surface area (Å²) in [7, 11) is 0. The number of anilines is 1. The molecule has 0 fully saturated rings. The zero-order valence-corrected chi connectivity index (χ0v) is 9.59. The molecule has 0 saturated carbocycles. The molecule has 0 aliphatic carbocycles. The van der Waals surface area contributed by atoms with Gasteiger partial charge in [0.25, 0.3) is 0 Å². The molecule has 3 rings (SSSR count). The number of hydrogen-bond donors (Lipinski definition) is 1. The van der Waals surface area contributed by atoms with Gasteiger partial charge in [-0.2, -0.15) is 0 Å². The molecule has 3 nitrogen and oxygen atoms in total. The Bertz CT molecular complexity index is 669. The molecule has 0 bridgehead atoms. The second-order valence-electron chi connectivity index (χ2n) is 4.15. The highest BCUT2D eigenvalue weighted by Gasteiger charge is 2.09. The van der Waals surface area contributed by atoms with Crippen molar-refractivity contribution in [3.8, 4) is 11.4 Å². The first-order valence-corrected chi connectivity index (χ1v) is 5.55. The van der Waals surface area contributed by atoms with Gasteiger partial charge in [0.05, 0.1) is 5.52 Å². The number of pyridine rings is 1. The van der Waals surface area contributed by atoms with Crippen LogP contribution in [0.5, 0.6) is 0 Å². The summed E-state index contributed by atoms with van der Waals surface area (Å²) in [5, 5.41) is 0. The quantitative estimate of drug-likeness (QED) is 0.689. The van der Waals surface area contributed by atoms with Crippen LogP contribution in [-0.4, -0.2) is 9.38 Å². The third-order valence-corrected chi connectivity index (χ3v) is 2.86. The molecule has 2 N–H and O–H groups in total. The maximum absolute atomic E-state index is 5.95. The van der Waals surface area contributed by atoms with Gasteiger partial charge in [-0.25, -0.2) is 4.98 Å². The van der Waals surface area contributed by atoms with Gasteiger partial charge in [0.15, 0.2) is 0 Å². The molecule has 0 aliphatic heterocycles. The predicted molar refractivity (Wildman–Crippen MR) is 69.8 cm³/mol. The monoisotopic (exact) mass is 223 g/mol. The fourth-order valence-electron chi connectivity index (χ4n) is 2.00. The van der Waals surface area contributed by atoms with Crippen molar-refractivity contribution in [1.82, 2.24) is 9.38 Å². The minimum atomic E-state index is 0.576. The Morgan fingerprint density at radius 3 is 2.65 bits per heavy atom. The molecule has 3 heteroatoms. The van der Waals surface area contributed by atoms with Crippen molar-refractivity contribution in [3.05, 3.63) is 54.2 Å². The van der Waals surface area contributed by atoms with E-state index in [2.05, 4.69) is 24.0 Å². The zero-order chi connectivity index (χ0) is 11.8. The highest BCUT2D eigenvalue weighted by atomic mass is 15.1. The van der Waals surface area contributed by atoms with Crippen LogP contribution in [0.1, 0.15) is 5.56 Å². The third kappa shape index (κ3) is 1.56. The van der Waals surface area contributed by atoms with Crippen LogP contribution < -0.4 is 5.73 Å². The van der Waals surface area contributed by atoms with E-state index in [1.165, 1.54) is 5.56 Å². The first kappa shape index (κ1) is 9.90. The summed E-state index contributed by atoms with van der Waals surface area (Å²) < 4.78 is 2.03. The van der Waals surface area contributed by atoms with Gasteiger partial charge in [-0.3, -0.25) is 4.40 Å². The van der Waals surface area contributed by atoms with Gasteiger partial charge in [0.2, 0.25) is 0 Å². The van der Waals surface area contributed by atoms with Gasteiger partial charge >= 0.3 is 0 Å². The summed E-state index contributed by atoms with van der Waals surface area (Å²) in [5.74, 6) is 1.46. The Balaban J connectivity index is 2.32. The average Bonchev–Trinajstić information content (AvgIpc) is 2.68. The smallest absolute Gasteiger partial charge is 0.150 e. The topological polar surface area (TPSA) is 43.3 Å². The number of hydrogen-bond acceptors (Lipinski definition) is 2. The lowest BCUT2D eigenvalue weighted by molar-refractivity contribution is 1.15. The van der Waals surface area contributed by atoms with E-state index < -0.39 is 0 Å². The molecule has 0 spiro atoms. The SMILES string of the molecule is Cc1ccn2c(-c3ccccc3)nc(N)c2c1. The third-order valence-electron chi connectivity index (χ3n) is 2.86. The minimum absolute atomic E-state index is 0.576. The normalized spacial score (nSPS) is 10.9. The summed E-state index contributed by atoms with van der Waals surface area (Å²) in [4.78, 5) is 4.44. The number of nitrogen functional groups attached to an aromatic ring is 1. The van der Waals surface area contributed by atoms with E-state index in [9.17, 15) is 0 Å². The molecule has 0 radical (unpaired) electrons. The Kier molecular flexibility index (Phi) is 2.11. The molecular weight excluding hydrogens is 210 g/mol. The molecule has 1 aromatic carbocycles. The second kappa shape index (κ2) is 3.63. The molecule has 0 aliphatic rings. The van der Waals surface area contributed by atoms with Crippen LogP contribution in [0, 0.1) is 6.92 Å². The molecule has 0 amide bonds. The van der Waals surface area contributed by atoms with E-state index >= 15 is 0 Å². The molecule has 2 aromatic heterocycles. The Morgan fingerprint density at radius 1 is 1.12 bits per heavy atom. The lowest BCUT2D eigenvalue weighted by atomic mass is 10.2. The number of aryl methyl sites for hydroxylation is 1. The van der Waals surface area contributed by atoms with Crippen molar-refractivity contribution in [3.63, 3.8) is 0 Å². The highest BCUT2D eigenvalue weighted by molar-refractivity contribution is 5.74. The second-order valence-corrected chi connectivity index (χ2v) is 4.15. The number of nitrogens with zero attached hydrogens (tertiary/aromatic N) is 2. The van der Waals surface area contributed by atoms with Gasteiger partial charge < -0.3 is 5.73 Å². The predicted octanol–water partition coefficient (Wildman–Crippen LogP) is 2.89. The Hall–Kier alpha value is -2.29. The maximum Gasteiger partial charge on any atom is 0.150 e. The van der Waals surface area contributed by atoms with E-state index in [1.807, 2.05) is 40.9 Å². The standard InChI is InChI=1S/C14H13N3/c1-10-7-8-17-12(9-10)13(15)16-14(17)11-5-3-2-4-6-11/h2-9H,15H2,1H3. The van der Waals surface area contributed by atoms with Crippen LogP contribution in [0.15, 0.2) is 48.7 Å². The first-order chi connectivity index (χ1) is 8.25. The van der Waals surface area contributed by atoms with Gasteiger partial charge in [-0.1, -0.05) is 30.3 Å². The number of benzene rings is 1. The van der Waals surface area contributed by atoms with Crippen LogP contribution >= 0.6 is 0 Å². The molecule has 84 valence electrons. The highest BCUT2D eigenvalue weighted by Crippen LogP contribution is 2.24. The number of aromatic nitrogens is 2. The van der Waals surface area contributed by atoms with E-state index in [-0.39, 0.29) is 0 Å². The van der Waals surface area contributed by atoms with Crippen molar-refractivity contribution >= 4 is 11.3 Å². The molecule has 2 heterocycles. The Morgan fingerprint density at radius 2 is 1.88 bits per heavy atom. The van der Waals surface area contributed by atoms with E-state index in [1.54, 1.807) is 0 Å². The molecule has 17 heavy (non-hydrogen) atoms. The number of imidazole rings is 1. The van der Waals surface area contributed by atoms with Crippen molar-refractivity contribution in [2.24, 2.45) is 0 Å². The lowest BCUT2D eigenvalue weighted by Crippen LogP contribution is -1.89. The summed E-state index contributed by atoms with van der Waals surface area (Å²) in [6.45, 7) is 2.05. The van der Waals surface area contributed by atoms with Crippen LogP contribution in [0.2, 0.25) is 0 Å². The summed E-state index contributed by atoms with van der Waals surface area (Å²) in [6.07, 6.45) is 2.01. The summed E-state index contributed by atoms with van der Waals surface area (Å²) in [5.41, 5.74) is 9.17. The first-order valence-electron chi connectivity index (χ1n) is 5.55. The van der Waals surface area contributed by atoms with Crippen LogP contribution in [0.3, 0.4) is 0 Å². The number of nitrogens with two attached hydrogens (primary N) is 1. The van der Waals surface area contributed by atoms with Crippen molar-refractivity contribution < 1.29 is 0 Å². The zero-order valence-electron chi connectivity index (χ0n) is 9.59. The molecular formula is C14H13N3. The number of fused-ring (bicyclic) bond motifs is 1. The van der Waals surface area contributed by atoms with Crippen LogP contribution in [-0.2, 0) is 0 Å². The van der Waals surface area contributed by atoms with Gasteiger partial charge in [-0.05, 0) is 24.6 Å². The maximum atomic E-state index is 5.95. The average molecular weight is 223 g/mol. The summed E-state index contributed by atoms with van der Waals surface area (Å²) >= 11 is 0. The van der Waals surface area contributed by atoms with Crippen LogP contribution in [0.4, 0.5) is 5.82 Å². The lowest BCUT2D eigenvalue weighted by Gasteiger charge is -2.01. The van der Waals surface area contributed by atoms with E-state index in [4.69, 9.17) is 5.73 Å². The van der Waals surface area contributed by atoms with Gasteiger partial charge in [0.1, 0.15) is 11.6 Å². The molecule has 3 aromatic rings. The van der Waals surface area contributed by atoms with Crippen molar-refractivity contribution in [1.29, 1.82) is 0 Å². The fourth-order valence-corrected chi connectivity index (χ4v) is 2.00. The molecule has 0 unspecified atom stereocenters. The minimum Gasteiger partial charge on any atom is -0.382 e. The van der Waals surface area contributed by atoms with E-state index in [0.29, 0.717) is 5.82 Å².